The van der Waals surface area contributed by atoms with Gasteiger partial charge in [0.1, 0.15) is 0 Å². The second kappa shape index (κ2) is 7.76. The maximum Gasteiger partial charge on any atom is 0.224 e. The Hall–Kier alpha value is -0.610. The molecule has 3 N–H and O–H groups in total. The minimum atomic E-state index is -0.123. The van der Waals surface area contributed by atoms with Gasteiger partial charge in [0.15, 0.2) is 0 Å². The van der Waals surface area contributed by atoms with Gasteiger partial charge in [0, 0.05) is 31.7 Å². The Morgan fingerprint density at radius 3 is 2.64 bits per heavy atom. The fourth-order valence-corrected chi connectivity index (χ4v) is 0.930. The van der Waals surface area contributed by atoms with Crippen LogP contribution in [0.1, 0.15) is 27.2 Å². The highest BCUT2D eigenvalue weighted by Crippen LogP contribution is 1.98. The Balaban J connectivity index is 3.44. The van der Waals surface area contributed by atoms with Crippen LogP contribution in [0.2, 0.25) is 0 Å². The molecule has 0 aromatic heterocycles. The van der Waals surface area contributed by atoms with Gasteiger partial charge >= 0.3 is 0 Å². The van der Waals surface area contributed by atoms with Crippen molar-refractivity contribution in [3.63, 3.8) is 0 Å². The Bertz CT molecular complexity index is 160. The third-order valence-electron chi connectivity index (χ3n) is 2.17. The summed E-state index contributed by atoms with van der Waals surface area (Å²) in [6.45, 7) is 7.72. The molecule has 0 aliphatic carbocycles. The van der Waals surface area contributed by atoms with Gasteiger partial charge < -0.3 is 15.8 Å². The fraction of sp³-hybridized carbons (Fsp3) is 0.900. The van der Waals surface area contributed by atoms with Crippen molar-refractivity contribution in [2.75, 3.05) is 19.8 Å². The number of hydrogen-bond donors (Lipinski definition) is 2. The highest BCUT2D eigenvalue weighted by molar-refractivity contribution is 5.78. The van der Waals surface area contributed by atoms with Crippen molar-refractivity contribution < 1.29 is 9.53 Å². The molecule has 0 aliphatic heterocycles. The molecule has 4 nitrogen and oxygen atoms in total. The Morgan fingerprint density at radius 1 is 1.50 bits per heavy atom. The summed E-state index contributed by atoms with van der Waals surface area (Å²) in [5, 5.41) is 2.82. The zero-order chi connectivity index (χ0) is 11.0. The molecule has 1 amide bonds. The molecule has 0 bridgehead atoms. The summed E-state index contributed by atoms with van der Waals surface area (Å²) in [4.78, 5) is 11.4. The van der Waals surface area contributed by atoms with E-state index in [1.165, 1.54) is 0 Å². The number of carbonyl (C=O) groups excluding carboxylic acids is 1. The van der Waals surface area contributed by atoms with E-state index in [4.69, 9.17) is 10.5 Å². The minimum absolute atomic E-state index is 0.0245. The van der Waals surface area contributed by atoms with Crippen LogP contribution in [0.4, 0.5) is 0 Å². The van der Waals surface area contributed by atoms with Crippen LogP contribution in [0, 0.1) is 5.92 Å². The van der Waals surface area contributed by atoms with Crippen molar-refractivity contribution in [3.05, 3.63) is 0 Å². The molecule has 2 atom stereocenters. The first kappa shape index (κ1) is 13.4. The smallest absolute Gasteiger partial charge is 0.224 e. The van der Waals surface area contributed by atoms with E-state index < -0.39 is 0 Å². The maximum atomic E-state index is 11.4. The molecule has 0 saturated heterocycles. The summed E-state index contributed by atoms with van der Waals surface area (Å²) >= 11 is 0. The lowest BCUT2D eigenvalue weighted by molar-refractivity contribution is -0.124. The Labute approximate surface area is 86.2 Å². The number of amides is 1. The van der Waals surface area contributed by atoms with Gasteiger partial charge in [-0.15, -0.1) is 0 Å². The summed E-state index contributed by atoms with van der Waals surface area (Å²) < 4.78 is 5.15. The van der Waals surface area contributed by atoms with Crippen LogP contribution >= 0.6 is 0 Å². The van der Waals surface area contributed by atoms with Gasteiger partial charge in [-0.25, -0.2) is 0 Å². The Kier molecular flexibility index (Phi) is 7.42. The van der Waals surface area contributed by atoms with E-state index in [0.717, 1.165) is 13.0 Å². The van der Waals surface area contributed by atoms with Gasteiger partial charge in [-0.05, 0) is 20.3 Å². The molecule has 0 rings (SSSR count). The van der Waals surface area contributed by atoms with Crippen molar-refractivity contribution >= 4 is 5.91 Å². The highest BCUT2D eigenvalue weighted by Gasteiger charge is 2.15. The maximum absolute atomic E-state index is 11.4. The first-order chi connectivity index (χ1) is 6.59. The molecule has 0 heterocycles. The van der Waals surface area contributed by atoms with E-state index in [-0.39, 0.29) is 17.9 Å². The van der Waals surface area contributed by atoms with E-state index in [9.17, 15) is 4.79 Å². The monoisotopic (exact) mass is 202 g/mol. The van der Waals surface area contributed by atoms with Crippen LogP contribution in [0.3, 0.4) is 0 Å². The summed E-state index contributed by atoms with van der Waals surface area (Å²) in [5.41, 5.74) is 5.60. The molecular formula is C10H22N2O2. The first-order valence-corrected chi connectivity index (χ1v) is 5.20. The molecule has 2 unspecified atom stereocenters. The SMILES string of the molecule is CCOCCCNC(=O)C(C)C(C)N. The lowest BCUT2D eigenvalue weighted by Gasteiger charge is -2.15. The number of nitrogens with one attached hydrogen (secondary N) is 1. The lowest BCUT2D eigenvalue weighted by atomic mass is 10.0. The van der Waals surface area contributed by atoms with Gasteiger partial charge in [0.05, 0.1) is 0 Å². The van der Waals surface area contributed by atoms with Gasteiger partial charge in [0.2, 0.25) is 5.91 Å². The third-order valence-corrected chi connectivity index (χ3v) is 2.17. The predicted octanol–water partition coefficient (Wildman–Crippen LogP) is 0.513. The first-order valence-electron chi connectivity index (χ1n) is 5.20. The van der Waals surface area contributed by atoms with E-state index in [1.54, 1.807) is 0 Å². The predicted molar refractivity (Wildman–Crippen MR) is 56.9 cm³/mol. The van der Waals surface area contributed by atoms with Crippen molar-refractivity contribution in [1.29, 1.82) is 0 Å². The number of rotatable bonds is 7. The quantitative estimate of drug-likeness (QED) is 0.591. The molecule has 0 aromatic carbocycles. The Morgan fingerprint density at radius 2 is 2.14 bits per heavy atom. The van der Waals surface area contributed by atoms with E-state index in [2.05, 4.69) is 5.32 Å². The van der Waals surface area contributed by atoms with E-state index >= 15 is 0 Å². The summed E-state index contributed by atoms with van der Waals surface area (Å²) in [5.74, 6) is -0.0985. The minimum Gasteiger partial charge on any atom is -0.382 e. The number of carbonyl (C=O) groups is 1. The number of ether oxygens (including phenoxy) is 1. The molecule has 0 fully saturated rings. The van der Waals surface area contributed by atoms with E-state index in [1.807, 2.05) is 20.8 Å². The molecule has 4 heteroatoms. The molecule has 0 spiro atoms. The van der Waals surface area contributed by atoms with Crippen LogP contribution in [0.5, 0.6) is 0 Å². The van der Waals surface area contributed by atoms with Crippen molar-refractivity contribution in [2.45, 2.75) is 33.2 Å². The second-order valence-electron chi connectivity index (χ2n) is 3.49. The molecule has 84 valence electrons. The van der Waals surface area contributed by atoms with Crippen LogP contribution in [0.15, 0.2) is 0 Å². The van der Waals surface area contributed by atoms with Crippen LogP contribution < -0.4 is 11.1 Å². The summed E-state index contributed by atoms with van der Waals surface area (Å²) in [7, 11) is 0. The van der Waals surface area contributed by atoms with Crippen LogP contribution in [0.25, 0.3) is 0 Å². The molecule has 0 aliphatic rings. The molecule has 14 heavy (non-hydrogen) atoms. The second-order valence-corrected chi connectivity index (χ2v) is 3.49. The summed E-state index contributed by atoms with van der Waals surface area (Å²) in [6, 6.07) is -0.0955. The summed E-state index contributed by atoms with van der Waals surface area (Å²) in [6.07, 6.45) is 0.852. The topological polar surface area (TPSA) is 64.3 Å². The average molecular weight is 202 g/mol. The van der Waals surface area contributed by atoms with Crippen LogP contribution in [-0.4, -0.2) is 31.7 Å². The van der Waals surface area contributed by atoms with Gasteiger partial charge in [-0.1, -0.05) is 6.92 Å². The fourth-order valence-electron chi connectivity index (χ4n) is 0.930. The normalized spacial score (nSPS) is 14.9. The molecule has 0 saturated carbocycles. The molecule has 0 radical (unpaired) electrons. The van der Waals surface area contributed by atoms with Gasteiger partial charge in [0.25, 0.3) is 0 Å². The van der Waals surface area contributed by atoms with Crippen molar-refractivity contribution in [1.82, 2.24) is 5.32 Å². The highest BCUT2D eigenvalue weighted by atomic mass is 16.5. The molecular weight excluding hydrogens is 180 g/mol. The van der Waals surface area contributed by atoms with Gasteiger partial charge in [-0.2, -0.15) is 0 Å². The van der Waals surface area contributed by atoms with Crippen LogP contribution in [-0.2, 0) is 9.53 Å². The van der Waals surface area contributed by atoms with Crippen molar-refractivity contribution in [3.8, 4) is 0 Å². The average Bonchev–Trinajstić information content (AvgIpc) is 2.16. The zero-order valence-corrected chi connectivity index (χ0v) is 9.38. The van der Waals surface area contributed by atoms with E-state index in [0.29, 0.717) is 13.2 Å². The third kappa shape index (κ3) is 5.94. The number of nitrogens with two attached hydrogens (primary N) is 1. The zero-order valence-electron chi connectivity index (χ0n) is 9.38. The lowest BCUT2D eigenvalue weighted by Crippen LogP contribution is -2.39. The van der Waals surface area contributed by atoms with Gasteiger partial charge in [-0.3, -0.25) is 4.79 Å². The standard InChI is InChI=1S/C10H22N2O2/c1-4-14-7-5-6-12-10(13)8(2)9(3)11/h8-9H,4-7,11H2,1-3H3,(H,12,13). The van der Waals surface area contributed by atoms with Crippen molar-refractivity contribution in [2.24, 2.45) is 11.7 Å². The largest absolute Gasteiger partial charge is 0.382 e. The molecule has 0 aromatic rings. The number of hydrogen-bond acceptors (Lipinski definition) is 3.